The van der Waals surface area contributed by atoms with Gasteiger partial charge in [0, 0.05) is 22.5 Å². The normalized spacial score (nSPS) is 19.1. The molecule has 1 saturated heterocycles. The highest BCUT2D eigenvalue weighted by molar-refractivity contribution is 9.10. The van der Waals surface area contributed by atoms with Crippen molar-refractivity contribution in [2.24, 2.45) is 0 Å². The van der Waals surface area contributed by atoms with E-state index in [0.29, 0.717) is 17.4 Å². The van der Waals surface area contributed by atoms with E-state index >= 15 is 0 Å². The van der Waals surface area contributed by atoms with Crippen LogP contribution in [0.25, 0.3) is 0 Å². The maximum atomic E-state index is 5.58. The lowest BCUT2D eigenvalue weighted by Gasteiger charge is -2.27. The first kappa shape index (κ1) is 14.5. The molecule has 2 rings (SSSR count). The van der Waals surface area contributed by atoms with Crippen LogP contribution < -0.4 is 19.5 Å². The molecule has 1 unspecified atom stereocenters. The van der Waals surface area contributed by atoms with Crippen molar-refractivity contribution in [3.8, 4) is 17.2 Å². The Morgan fingerprint density at radius 2 is 1.89 bits per heavy atom. The summed E-state index contributed by atoms with van der Waals surface area (Å²) in [6, 6.07) is 1.95. The maximum Gasteiger partial charge on any atom is 0.203 e. The number of benzene rings is 1. The van der Waals surface area contributed by atoms with Crippen LogP contribution in [-0.2, 0) is 0 Å². The van der Waals surface area contributed by atoms with Crippen LogP contribution in [0.5, 0.6) is 17.2 Å². The zero-order chi connectivity index (χ0) is 13.8. The van der Waals surface area contributed by atoms with Crippen LogP contribution in [0.4, 0.5) is 0 Å². The molecule has 1 aromatic carbocycles. The Hall–Kier alpha value is -0.940. The summed E-state index contributed by atoms with van der Waals surface area (Å²) in [7, 11) is 4.94. The average Bonchev–Trinajstić information content (AvgIpc) is 2.46. The van der Waals surface area contributed by atoms with E-state index in [1.165, 1.54) is 6.42 Å². The van der Waals surface area contributed by atoms with Gasteiger partial charge in [-0.3, -0.25) is 0 Å². The van der Waals surface area contributed by atoms with Gasteiger partial charge >= 0.3 is 0 Å². The van der Waals surface area contributed by atoms with Crippen molar-refractivity contribution in [3.63, 3.8) is 0 Å². The smallest absolute Gasteiger partial charge is 0.203 e. The molecule has 106 valence electrons. The second-order valence-corrected chi connectivity index (χ2v) is 5.44. The van der Waals surface area contributed by atoms with Gasteiger partial charge in [0.2, 0.25) is 5.75 Å². The molecule has 0 aliphatic carbocycles. The second kappa shape index (κ2) is 6.48. The summed E-state index contributed by atoms with van der Waals surface area (Å²) in [6.45, 7) is 2.05. The van der Waals surface area contributed by atoms with Gasteiger partial charge in [0.05, 0.1) is 21.3 Å². The zero-order valence-electron chi connectivity index (χ0n) is 11.6. The molecule has 0 aromatic heterocycles. The monoisotopic (exact) mass is 329 g/mol. The standard InChI is InChI=1S/C14H20BrNO3/c1-17-11-7-10(15)12(9-5-4-6-16-8-9)14(19-3)13(11)18-2/h7,9,16H,4-6,8H2,1-3H3. The van der Waals surface area contributed by atoms with Gasteiger partial charge < -0.3 is 19.5 Å². The Kier molecular flexibility index (Phi) is 4.93. The number of halogens is 1. The van der Waals surface area contributed by atoms with E-state index in [9.17, 15) is 0 Å². The second-order valence-electron chi connectivity index (χ2n) is 4.58. The number of hydrogen-bond donors (Lipinski definition) is 1. The number of nitrogens with one attached hydrogen (secondary N) is 1. The Balaban J connectivity index is 2.51. The molecule has 5 heteroatoms. The molecule has 1 atom stereocenters. The molecule has 1 heterocycles. The number of rotatable bonds is 4. The topological polar surface area (TPSA) is 39.7 Å². The van der Waals surface area contributed by atoms with E-state index in [2.05, 4.69) is 21.2 Å². The van der Waals surface area contributed by atoms with Crippen molar-refractivity contribution in [2.75, 3.05) is 34.4 Å². The fourth-order valence-corrected chi connectivity index (χ4v) is 3.34. The van der Waals surface area contributed by atoms with E-state index in [1.807, 2.05) is 6.07 Å². The van der Waals surface area contributed by atoms with Gasteiger partial charge in [-0.15, -0.1) is 0 Å². The summed E-state index contributed by atoms with van der Waals surface area (Å²) < 4.78 is 17.4. The Morgan fingerprint density at radius 1 is 1.16 bits per heavy atom. The summed E-state index contributed by atoms with van der Waals surface area (Å²) in [6.07, 6.45) is 2.33. The number of piperidine rings is 1. The number of hydrogen-bond acceptors (Lipinski definition) is 4. The molecule has 19 heavy (non-hydrogen) atoms. The molecule has 0 spiro atoms. The minimum absolute atomic E-state index is 0.429. The van der Waals surface area contributed by atoms with Crippen LogP contribution in [0.15, 0.2) is 10.5 Å². The highest BCUT2D eigenvalue weighted by Gasteiger charge is 2.26. The SMILES string of the molecule is COc1cc(Br)c(C2CCCNC2)c(OC)c1OC. The lowest BCUT2D eigenvalue weighted by Crippen LogP contribution is -2.28. The quantitative estimate of drug-likeness (QED) is 0.921. The Labute approximate surface area is 122 Å². The van der Waals surface area contributed by atoms with Crippen LogP contribution >= 0.6 is 15.9 Å². The van der Waals surface area contributed by atoms with Crippen molar-refractivity contribution in [3.05, 3.63) is 16.1 Å². The van der Waals surface area contributed by atoms with Crippen molar-refractivity contribution in [2.45, 2.75) is 18.8 Å². The highest BCUT2D eigenvalue weighted by Crippen LogP contribution is 2.47. The molecule has 1 aliphatic rings. The van der Waals surface area contributed by atoms with Crippen molar-refractivity contribution in [1.82, 2.24) is 5.32 Å². The summed E-state index contributed by atoms with van der Waals surface area (Å²) >= 11 is 3.64. The molecular weight excluding hydrogens is 310 g/mol. The fraction of sp³-hybridized carbons (Fsp3) is 0.571. The summed E-state index contributed by atoms with van der Waals surface area (Å²) in [5.74, 6) is 2.54. The molecule has 0 radical (unpaired) electrons. The predicted molar refractivity (Wildman–Crippen MR) is 78.6 cm³/mol. The van der Waals surface area contributed by atoms with Gasteiger partial charge in [-0.25, -0.2) is 0 Å². The third-order valence-electron chi connectivity index (χ3n) is 3.52. The first-order chi connectivity index (χ1) is 9.22. The summed E-state index contributed by atoms with van der Waals surface area (Å²) in [5, 5.41) is 3.43. The molecule has 0 amide bonds. The van der Waals surface area contributed by atoms with Gasteiger partial charge in [0.1, 0.15) is 0 Å². The van der Waals surface area contributed by atoms with E-state index < -0.39 is 0 Å². The van der Waals surface area contributed by atoms with Crippen LogP contribution in [0.1, 0.15) is 24.3 Å². The van der Waals surface area contributed by atoms with Crippen LogP contribution in [0.2, 0.25) is 0 Å². The van der Waals surface area contributed by atoms with Crippen LogP contribution in [0, 0.1) is 0 Å². The van der Waals surface area contributed by atoms with Gasteiger partial charge in [0.15, 0.2) is 11.5 Å². The lowest BCUT2D eigenvalue weighted by atomic mass is 9.90. The molecule has 1 N–H and O–H groups in total. The first-order valence-corrected chi connectivity index (χ1v) is 7.21. The molecule has 0 bridgehead atoms. The Morgan fingerprint density at radius 3 is 2.42 bits per heavy atom. The predicted octanol–water partition coefficient (Wildman–Crippen LogP) is 2.94. The third kappa shape index (κ3) is 2.82. The van der Waals surface area contributed by atoms with Crippen molar-refractivity contribution >= 4 is 15.9 Å². The highest BCUT2D eigenvalue weighted by atomic mass is 79.9. The van der Waals surface area contributed by atoms with Crippen LogP contribution in [0.3, 0.4) is 0 Å². The Bertz CT molecular complexity index is 445. The van der Waals surface area contributed by atoms with Gasteiger partial charge in [0.25, 0.3) is 0 Å². The first-order valence-electron chi connectivity index (χ1n) is 6.42. The largest absolute Gasteiger partial charge is 0.493 e. The van der Waals surface area contributed by atoms with Gasteiger partial charge in [-0.05, 0) is 25.5 Å². The van der Waals surface area contributed by atoms with Gasteiger partial charge in [-0.2, -0.15) is 0 Å². The van der Waals surface area contributed by atoms with Crippen LogP contribution in [-0.4, -0.2) is 34.4 Å². The molecule has 0 saturated carbocycles. The number of methoxy groups -OCH3 is 3. The van der Waals surface area contributed by atoms with Crippen molar-refractivity contribution in [1.29, 1.82) is 0 Å². The lowest BCUT2D eigenvalue weighted by molar-refractivity contribution is 0.317. The van der Waals surface area contributed by atoms with E-state index in [0.717, 1.165) is 35.3 Å². The minimum Gasteiger partial charge on any atom is -0.493 e. The fourth-order valence-electron chi connectivity index (χ4n) is 2.63. The third-order valence-corrected chi connectivity index (χ3v) is 4.18. The molecular formula is C14H20BrNO3. The van der Waals surface area contributed by atoms with E-state index in [1.54, 1.807) is 21.3 Å². The van der Waals surface area contributed by atoms with Gasteiger partial charge in [-0.1, -0.05) is 15.9 Å². The summed E-state index contributed by atoms with van der Waals surface area (Å²) in [5.41, 5.74) is 1.16. The maximum absolute atomic E-state index is 5.58. The van der Waals surface area contributed by atoms with E-state index in [-0.39, 0.29) is 0 Å². The molecule has 1 fully saturated rings. The molecule has 1 aliphatic heterocycles. The minimum atomic E-state index is 0.429. The molecule has 1 aromatic rings. The average molecular weight is 330 g/mol. The molecule has 4 nitrogen and oxygen atoms in total. The zero-order valence-corrected chi connectivity index (χ0v) is 13.2. The van der Waals surface area contributed by atoms with E-state index in [4.69, 9.17) is 14.2 Å². The van der Waals surface area contributed by atoms with Crippen molar-refractivity contribution < 1.29 is 14.2 Å². The number of ether oxygens (including phenoxy) is 3. The summed E-state index contributed by atoms with van der Waals surface area (Å²) in [4.78, 5) is 0.